The van der Waals surface area contributed by atoms with Gasteiger partial charge in [0.15, 0.2) is 6.10 Å². The molecular weight excluding hydrogens is 604 g/mol. The van der Waals surface area contributed by atoms with Gasteiger partial charge in [-0.25, -0.2) is 4.79 Å². The molecule has 0 spiro atoms. The average molecular weight is 653 g/mol. The number of rotatable bonds is 9. The second-order valence-electron chi connectivity index (χ2n) is 13.6. The molecule has 256 valence electrons. The van der Waals surface area contributed by atoms with Crippen molar-refractivity contribution >= 4 is 30.0 Å². The van der Waals surface area contributed by atoms with Crippen LogP contribution in [0.25, 0.3) is 6.08 Å². The molecule has 10 nitrogen and oxygen atoms in total. The summed E-state index contributed by atoms with van der Waals surface area (Å²) in [6.07, 6.45) is 0.391. The molecule has 8 atom stereocenters. The summed E-state index contributed by atoms with van der Waals surface area (Å²) < 4.78 is 36.1. The predicted octanol–water partition coefficient (Wildman–Crippen LogP) is 5.74. The van der Waals surface area contributed by atoms with Crippen molar-refractivity contribution in [1.29, 1.82) is 0 Å². The van der Waals surface area contributed by atoms with Crippen LogP contribution >= 0.6 is 0 Å². The van der Waals surface area contributed by atoms with Crippen LogP contribution < -0.4 is 0 Å². The van der Waals surface area contributed by atoms with E-state index in [4.69, 9.17) is 28.4 Å². The van der Waals surface area contributed by atoms with Crippen LogP contribution in [0, 0.1) is 22.7 Å². The molecule has 4 rings (SSSR count). The van der Waals surface area contributed by atoms with E-state index >= 15 is 0 Å². The van der Waals surface area contributed by atoms with Crippen LogP contribution in [0.15, 0.2) is 59.7 Å². The molecule has 2 fully saturated rings. The van der Waals surface area contributed by atoms with E-state index in [1.807, 2.05) is 58.0 Å². The minimum atomic E-state index is -0.996. The summed E-state index contributed by atoms with van der Waals surface area (Å²) in [4.78, 5) is 51.0. The smallest absolute Gasteiger partial charge is 0.331 e. The van der Waals surface area contributed by atoms with Gasteiger partial charge in [-0.3, -0.25) is 14.4 Å². The molecule has 2 saturated carbocycles. The van der Waals surface area contributed by atoms with Gasteiger partial charge in [0.05, 0.1) is 6.10 Å². The Labute approximate surface area is 277 Å². The predicted molar refractivity (Wildman–Crippen MR) is 173 cm³/mol. The maximum atomic E-state index is 13.1. The van der Waals surface area contributed by atoms with Crippen molar-refractivity contribution in [3.63, 3.8) is 0 Å². The van der Waals surface area contributed by atoms with E-state index in [0.29, 0.717) is 24.8 Å². The normalized spacial score (nSPS) is 31.7. The monoisotopic (exact) mass is 652 g/mol. The first-order chi connectivity index (χ1) is 22.1. The maximum Gasteiger partial charge on any atom is 0.331 e. The van der Waals surface area contributed by atoms with Gasteiger partial charge in [0.25, 0.3) is 0 Å². The zero-order chi connectivity index (χ0) is 34.7. The summed E-state index contributed by atoms with van der Waals surface area (Å²) in [5.74, 6) is -2.95. The van der Waals surface area contributed by atoms with Gasteiger partial charge in [-0.15, -0.1) is 0 Å². The van der Waals surface area contributed by atoms with Gasteiger partial charge in [-0.2, -0.15) is 0 Å². The van der Waals surface area contributed by atoms with Crippen molar-refractivity contribution in [2.45, 2.75) is 98.2 Å². The molecule has 0 amide bonds. The lowest BCUT2D eigenvalue weighted by atomic mass is 9.49. The van der Waals surface area contributed by atoms with Gasteiger partial charge in [0.2, 0.25) is 0 Å². The minimum Gasteiger partial charge on any atom is -0.458 e. The molecule has 0 saturated heterocycles. The number of methoxy groups -OCH3 is 1. The Hall–Kier alpha value is -3.76. The molecule has 0 unspecified atom stereocenters. The third-order valence-electron chi connectivity index (χ3n) is 10.1. The second-order valence-corrected chi connectivity index (χ2v) is 13.6. The van der Waals surface area contributed by atoms with Gasteiger partial charge < -0.3 is 28.4 Å². The molecule has 0 heterocycles. The number of hydrogen-bond donors (Lipinski definition) is 0. The molecule has 2 bridgehead atoms. The van der Waals surface area contributed by atoms with Crippen LogP contribution in [0.3, 0.4) is 0 Å². The Bertz CT molecular complexity index is 1430. The van der Waals surface area contributed by atoms with E-state index in [2.05, 4.69) is 6.58 Å². The van der Waals surface area contributed by atoms with E-state index in [1.54, 1.807) is 6.08 Å². The van der Waals surface area contributed by atoms with Crippen LogP contribution in [-0.4, -0.2) is 68.3 Å². The molecule has 0 radical (unpaired) electrons. The van der Waals surface area contributed by atoms with E-state index in [1.165, 1.54) is 34.0 Å². The van der Waals surface area contributed by atoms with Crippen molar-refractivity contribution in [3.05, 3.63) is 65.3 Å². The number of carbonyl (C=O) groups is 4. The first-order valence-electron chi connectivity index (χ1n) is 16.1. The van der Waals surface area contributed by atoms with Crippen LogP contribution in [0.5, 0.6) is 0 Å². The average Bonchev–Trinajstić information content (AvgIpc) is 2.99. The lowest BCUT2D eigenvalue weighted by Gasteiger charge is -2.60. The van der Waals surface area contributed by atoms with Crippen LogP contribution in [0.2, 0.25) is 0 Å². The highest BCUT2D eigenvalue weighted by atomic mass is 16.7. The Kier molecular flexibility index (Phi) is 11.2. The van der Waals surface area contributed by atoms with Crippen molar-refractivity contribution in [1.82, 2.24) is 0 Å². The lowest BCUT2D eigenvalue weighted by Crippen LogP contribution is -2.64. The van der Waals surface area contributed by atoms with Crippen LogP contribution in [-0.2, 0) is 47.6 Å². The molecule has 1 aromatic carbocycles. The van der Waals surface area contributed by atoms with Gasteiger partial charge in [-0.1, -0.05) is 57.7 Å². The van der Waals surface area contributed by atoms with Gasteiger partial charge in [0.1, 0.15) is 25.1 Å². The molecular formula is C37H48O10. The third-order valence-corrected chi connectivity index (χ3v) is 10.1. The van der Waals surface area contributed by atoms with Crippen molar-refractivity contribution in [3.8, 4) is 0 Å². The number of hydrogen-bond acceptors (Lipinski definition) is 10. The zero-order valence-corrected chi connectivity index (χ0v) is 28.7. The fourth-order valence-corrected chi connectivity index (χ4v) is 8.17. The molecule has 0 aromatic heterocycles. The first kappa shape index (κ1) is 36.1. The Morgan fingerprint density at radius 2 is 1.55 bits per heavy atom. The largest absolute Gasteiger partial charge is 0.458 e. The summed E-state index contributed by atoms with van der Waals surface area (Å²) in [6, 6.07) is 9.43. The molecule has 0 aliphatic heterocycles. The second kappa shape index (κ2) is 14.6. The standard InChI is InChI=1S/C37H48O10/c1-21-28(47-30(41)16-15-26-13-11-10-12-14-26)17-18-37(8)32(21)33(43-20-42-9)27-19-29(44-23(3)38)22(2)31(36(27,6)7)34(45-24(4)39)35(37)46-25(5)40/h10-16,27-29,32-35H,1,17-20H2,2-9H3/b16-15+/t27-,28-,29-,32-,33+,34+,35-,37+/m0/s1. The summed E-state index contributed by atoms with van der Waals surface area (Å²) in [7, 11) is 1.53. The Balaban J connectivity index is 1.88. The van der Waals surface area contributed by atoms with Crippen molar-refractivity contribution < 1.29 is 47.6 Å². The van der Waals surface area contributed by atoms with Crippen molar-refractivity contribution in [2.24, 2.45) is 22.7 Å². The number of benzene rings is 1. The summed E-state index contributed by atoms with van der Waals surface area (Å²) in [5.41, 5.74) is 1.31. The number of ether oxygens (including phenoxy) is 6. The van der Waals surface area contributed by atoms with Gasteiger partial charge in [-0.05, 0) is 65.9 Å². The number of carbonyl (C=O) groups excluding carboxylic acids is 4. The third kappa shape index (κ3) is 7.54. The molecule has 1 aromatic rings. The summed E-state index contributed by atoms with van der Waals surface area (Å²) in [5, 5.41) is 0. The van der Waals surface area contributed by atoms with Crippen LogP contribution in [0.4, 0.5) is 0 Å². The highest BCUT2D eigenvalue weighted by Gasteiger charge is 2.64. The van der Waals surface area contributed by atoms with Crippen LogP contribution in [0.1, 0.15) is 73.3 Å². The molecule has 10 heteroatoms. The quantitative estimate of drug-likeness (QED) is 0.107. The maximum absolute atomic E-state index is 13.1. The molecule has 3 aliphatic carbocycles. The van der Waals surface area contributed by atoms with Gasteiger partial charge in [0, 0.05) is 45.3 Å². The summed E-state index contributed by atoms with van der Waals surface area (Å²) in [6.45, 7) is 16.3. The number of fused-ring (bicyclic) bond motifs is 3. The molecule has 47 heavy (non-hydrogen) atoms. The van der Waals surface area contributed by atoms with E-state index < -0.39 is 71.1 Å². The highest BCUT2D eigenvalue weighted by Crippen LogP contribution is 2.61. The van der Waals surface area contributed by atoms with E-state index in [9.17, 15) is 19.2 Å². The zero-order valence-electron chi connectivity index (χ0n) is 28.7. The fourth-order valence-electron chi connectivity index (χ4n) is 8.17. The lowest BCUT2D eigenvalue weighted by molar-refractivity contribution is -0.213. The Morgan fingerprint density at radius 3 is 2.15 bits per heavy atom. The minimum absolute atomic E-state index is 0.0523. The first-order valence-corrected chi connectivity index (χ1v) is 16.1. The SMILES string of the molecule is C=C1[C@@H](OC(=O)/C=C/c2ccccc2)CC[C@@]2(C)[C@@H](OC(C)=O)[C@H](OC(C)=O)C3=C(C)[C@@H](OC(C)=O)C[C@@H]([C@@H](OCOC)[C@H]12)C3(C)C. The van der Waals surface area contributed by atoms with Crippen molar-refractivity contribution in [2.75, 3.05) is 13.9 Å². The topological polar surface area (TPSA) is 124 Å². The number of esters is 4. The molecule has 3 aliphatic rings. The van der Waals surface area contributed by atoms with E-state index in [0.717, 1.165) is 16.7 Å². The fraction of sp³-hybridized carbons (Fsp3) is 0.568. The highest BCUT2D eigenvalue weighted by molar-refractivity contribution is 5.87. The summed E-state index contributed by atoms with van der Waals surface area (Å²) >= 11 is 0. The van der Waals surface area contributed by atoms with E-state index in [-0.39, 0.29) is 12.7 Å². The Morgan fingerprint density at radius 1 is 0.915 bits per heavy atom. The molecule has 0 N–H and O–H groups in total. The van der Waals surface area contributed by atoms with Gasteiger partial charge >= 0.3 is 23.9 Å².